The van der Waals surface area contributed by atoms with E-state index in [1.807, 2.05) is 4.90 Å². The predicted octanol–water partition coefficient (Wildman–Crippen LogP) is 2.37. The number of carbonyl (C=O) groups is 2. The lowest BCUT2D eigenvalue weighted by atomic mass is 10.0. The molecule has 1 N–H and O–H groups in total. The highest BCUT2D eigenvalue weighted by Crippen LogP contribution is 2.26. The quantitative estimate of drug-likeness (QED) is 0.835. The summed E-state index contributed by atoms with van der Waals surface area (Å²) in [4.78, 5) is 25.1. The minimum absolute atomic E-state index is 0.0841. The van der Waals surface area contributed by atoms with E-state index in [0.717, 1.165) is 25.8 Å². The van der Waals surface area contributed by atoms with Gasteiger partial charge in [-0.1, -0.05) is 6.92 Å². The third kappa shape index (κ3) is 3.90. The van der Waals surface area contributed by atoms with Crippen molar-refractivity contribution in [3.05, 3.63) is 0 Å². The van der Waals surface area contributed by atoms with Crippen molar-refractivity contribution >= 4 is 23.6 Å². The Morgan fingerprint density at radius 2 is 2.06 bits per heavy atom. The van der Waals surface area contributed by atoms with Crippen LogP contribution >= 0.6 is 11.8 Å². The fourth-order valence-corrected chi connectivity index (χ4v) is 2.91. The van der Waals surface area contributed by atoms with E-state index in [0.29, 0.717) is 6.04 Å². The summed E-state index contributed by atoms with van der Waals surface area (Å²) in [5.41, 5.74) is 0. The number of hydrogen-bond donors (Lipinski definition) is 1. The van der Waals surface area contributed by atoms with Gasteiger partial charge in [0.15, 0.2) is 0 Å². The fourth-order valence-electron chi connectivity index (χ4n) is 2.14. The van der Waals surface area contributed by atoms with Crippen molar-refractivity contribution in [1.29, 1.82) is 0 Å². The van der Waals surface area contributed by atoms with Gasteiger partial charge in [0, 0.05) is 12.6 Å². The molecule has 0 radical (unpaired) electrons. The van der Waals surface area contributed by atoms with Gasteiger partial charge in [0.05, 0.1) is 5.75 Å². The zero-order valence-electron chi connectivity index (χ0n) is 11.4. The smallest absolute Gasteiger partial charge is 0.319 e. The molecule has 1 amide bonds. The molecule has 1 fully saturated rings. The second-order valence-electron chi connectivity index (χ2n) is 5.25. The van der Waals surface area contributed by atoms with Crippen LogP contribution in [0.5, 0.6) is 0 Å². The minimum Gasteiger partial charge on any atom is -0.480 e. The molecule has 0 aromatic heterocycles. The number of nitrogens with zero attached hydrogens (tertiary/aromatic N) is 1. The van der Waals surface area contributed by atoms with Crippen LogP contribution in [-0.2, 0) is 9.59 Å². The maximum absolute atomic E-state index is 12.1. The molecule has 1 aliphatic heterocycles. The molecule has 1 rings (SSSR count). The standard InChI is InChI=1S/C13H23NO3S/c1-4-10-7-5-6-8-14(10)11(15)9-18-13(2,3)12(16)17/h10H,4-9H2,1-3H3,(H,16,17). The van der Waals surface area contributed by atoms with E-state index in [2.05, 4.69) is 6.92 Å². The van der Waals surface area contributed by atoms with Gasteiger partial charge in [0.1, 0.15) is 4.75 Å². The Kier molecular flexibility index (Phi) is 5.50. The number of amides is 1. The number of carboxylic acid groups (broad SMARTS) is 1. The Morgan fingerprint density at radius 1 is 1.39 bits per heavy atom. The van der Waals surface area contributed by atoms with Crippen molar-refractivity contribution in [2.75, 3.05) is 12.3 Å². The summed E-state index contributed by atoms with van der Waals surface area (Å²) in [6, 6.07) is 0.347. The maximum atomic E-state index is 12.1. The Hall–Kier alpha value is -0.710. The Balaban J connectivity index is 2.51. The molecule has 1 heterocycles. The van der Waals surface area contributed by atoms with E-state index in [1.165, 1.54) is 18.2 Å². The van der Waals surface area contributed by atoms with E-state index in [1.54, 1.807) is 13.8 Å². The van der Waals surface area contributed by atoms with Crippen LogP contribution < -0.4 is 0 Å². The van der Waals surface area contributed by atoms with E-state index >= 15 is 0 Å². The molecule has 0 bridgehead atoms. The zero-order valence-corrected chi connectivity index (χ0v) is 12.3. The molecule has 1 unspecified atom stereocenters. The van der Waals surface area contributed by atoms with Gasteiger partial charge in [-0.25, -0.2) is 0 Å². The van der Waals surface area contributed by atoms with Crippen LogP contribution in [0, 0.1) is 0 Å². The van der Waals surface area contributed by atoms with Gasteiger partial charge in [0.2, 0.25) is 5.91 Å². The molecule has 5 heteroatoms. The van der Waals surface area contributed by atoms with Gasteiger partial charge in [0.25, 0.3) is 0 Å². The molecule has 1 aliphatic rings. The van der Waals surface area contributed by atoms with Crippen LogP contribution in [0.1, 0.15) is 46.5 Å². The lowest BCUT2D eigenvalue weighted by Gasteiger charge is -2.35. The first-order valence-corrected chi connectivity index (χ1v) is 7.54. The highest BCUT2D eigenvalue weighted by atomic mass is 32.2. The second-order valence-corrected chi connectivity index (χ2v) is 6.85. The highest BCUT2D eigenvalue weighted by molar-refractivity contribution is 8.01. The molecule has 0 spiro atoms. The topological polar surface area (TPSA) is 57.6 Å². The molecular weight excluding hydrogens is 250 g/mol. The number of rotatable bonds is 5. The Morgan fingerprint density at radius 3 is 2.61 bits per heavy atom. The third-order valence-corrected chi connectivity index (χ3v) is 4.78. The average molecular weight is 273 g/mol. The first kappa shape index (κ1) is 15.3. The van der Waals surface area contributed by atoms with Crippen molar-refractivity contribution in [2.24, 2.45) is 0 Å². The SMILES string of the molecule is CCC1CCCCN1C(=O)CSC(C)(C)C(=O)O. The van der Waals surface area contributed by atoms with Crippen molar-refractivity contribution < 1.29 is 14.7 Å². The summed E-state index contributed by atoms with van der Waals surface area (Å²) in [5, 5.41) is 9.02. The summed E-state index contributed by atoms with van der Waals surface area (Å²) in [6.45, 7) is 6.21. The summed E-state index contributed by atoms with van der Waals surface area (Å²) >= 11 is 1.21. The summed E-state index contributed by atoms with van der Waals surface area (Å²) in [5.74, 6) is -0.526. The Labute approximate surface area is 113 Å². The molecular formula is C13H23NO3S. The number of carboxylic acids is 1. The van der Waals surface area contributed by atoms with Gasteiger partial charge in [-0.15, -0.1) is 11.8 Å². The first-order chi connectivity index (χ1) is 8.38. The van der Waals surface area contributed by atoms with Crippen LogP contribution in [0.15, 0.2) is 0 Å². The van der Waals surface area contributed by atoms with Gasteiger partial charge in [-0.3, -0.25) is 9.59 Å². The molecule has 18 heavy (non-hydrogen) atoms. The molecule has 0 aromatic carbocycles. The van der Waals surface area contributed by atoms with Crippen molar-refractivity contribution in [3.8, 4) is 0 Å². The number of carbonyl (C=O) groups excluding carboxylic acids is 1. The van der Waals surface area contributed by atoms with Crippen molar-refractivity contribution in [2.45, 2.75) is 57.2 Å². The Bertz CT molecular complexity index is 317. The van der Waals surface area contributed by atoms with Crippen LogP contribution in [0.25, 0.3) is 0 Å². The molecule has 4 nitrogen and oxygen atoms in total. The average Bonchev–Trinajstić information content (AvgIpc) is 2.35. The van der Waals surface area contributed by atoms with Crippen LogP contribution in [0.4, 0.5) is 0 Å². The van der Waals surface area contributed by atoms with Gasteiger partial charge < -0.3 is 10.0 Å². The number of aliphatic carboxylic acids is 1. The summed E-state index contributed by atoms with van der Waals surface area (Å²) in [6.07, 6.45) is 4.32. The number of thioether (sulfide) groups is 1. The number of piperidine rings is 1. The molecule has 0 aliphatic carbocycles. The van der Waals surface area contributed by atoms with Gasteiger partial charge in [-0.2, -0.15) is 0 Å². The third-order valence-electron chi connectivity index (χ3n) is 3.49. The van der Waals surface area contributed by atoms with E-state index in [-0.39, 0.29) is 11.7 Å². The fraction of sp³-hybridized carbons (Fsp3) is 0.846. The normalized spacial score (nSPS) is 20.8. The predicted molar refractivity (Wildman–Crippen MR) is 73.8 cm³/mol. The van der Waals surface area contributed by atoms with Crippen LogP contribution in [-0.4, -0.2) is 45.0 Å². The maximum Gasteiger partial charge on any atom is 0.319 e. The number of hydrogen-bond acceptors (Lipinski definition) is 3. The summed E-state index contributed by atoms with van der Waals surface area (Å²) < 4.78 is -0.896. The monoisotopic (exact) mass is 273 g/mol. The second kappa shape index (κ2) is 6.45. The first-order valence-electron chi connectivity index (χ1n) is 6.55. The van der Waals surface area contributed by atoms with Crippen molar-refractivity contribution in [3.63, 3.8) is 0 Å². The molecule has 0 saturated carbocycles. The highest BCUT2D eigenvalue weighted by Gasteiger charge is 2.31. The molecule has 104 valence electrons. The van der Waals surface area contributed by atoms with Gasteiger partial charge in [-0.05, 0) is 39.5 Å². The lowest BCUT2D eigenvalue weighted by Crippen LogP contribution is -2.45. The summed E-state index contributed by atoms with van der Waals surface area (Å²) in [7, 11) is 0. The van der Waals surface area contributed by atoms with Gasteiger partial charge >= 0.3 is 5.97 Å². The lowest BCUT2D eigenvalue weighted by molar-refractivity contribution is -0.138. The molecule has 1 saturated heterocycles. The largest absolute Gasteiger partial charge is 0.480 e. The van der Waals surface area contributed by atoms with Crippen molar-refractivity contribution in [1.82, 2.24) is 4.90 Å². The van der Waals surface area contributed by atoms with Crippen LogP contribution in [0.2, 0.25) is 0 Å². The number of likely N-dealkylation sites (tertiary alicyclic amines) is 1. The van der Waals surface area contributed by atoms with E-state index < -0.39 is 10.7 Å². The molecule has 0 aromatic rings. The molecule has 1 atom stereocenters. The zero-order chi connectivity index (χ0) is 13.8. The minimum atomic E-state index is -0.896. The van der Waals surface area contributed by atoms with E-state index in [4.69, 9.17) is 5.11 Å². The van der Waals surface area contributed by atoms with Crippen LogP contribution in [0.3, 0.4) is 0 Å². The van der Waals surface area contributed by atoms with E-state index in [9.17, 15) is 9.59 Å².